The molecule has 1 atom stereocenters. The standard InChI is InChI=1S/C10H11N5S/c11-10-14-13-9(15(10)12)8-5-6-3-1-2-4-7(6)16-8/h1-4,8H,5,12H2,(H2,11,14). The molecule has 0 fully saturated rings. The van der Waals surface area contributed by atoms with Crippen molar-refractivity contribution in [3.63, 3.8) is 0 Å². The van der Waals surface area contributed by atoms with Crippen molar-refractivity contribution in [2.75, 3.05) is 11.6 Å². The molecule has 6 heteroatoms. The van der Waals surface area contributed by atoms with Gasteiger partial charge in [0.05, 0.1) is 5.25 Å². The van der Waals surface area contributed by atoms with Gasteiger partial charge in [-0.3, -0.25) is 0 Å². The number of nitrogens with two attached hydrogens (primary N) is 2. The van der Waals surface area contributed by atoms with Gasteiger partial charge in [-0.15, -0.1) is 22.0 Å². The lowest BCUT2D eigenvalue weighted by Gasteiger charge is -2.06. The number of benzene rings is 1. The Labute approximate surface area is 96.8 Å². The third-order valence-corrected chi connectivity index (χ3v) is 4.00. The second-order valence-electron chi connectivity index (χ2n) is 3.70. The Kier molecular flexibility index (Phi) is 2.03. The van der Waals surface area contributed by atoms with E-state index in [9.17, 15) is 0 Å². The largest absolute Gasteiger partial charge is 0.366 e. The van der Waals surface area contributed by atoms with Crippen LogP contribution in [-0.2, 0) is 6.42 Å². The van der Waals surface area contributed by atoms with Crippen LogP contribution in [0.2, 0.25) is 0 Å². The highest BCUT2D eigenvalue weighted by Gasteiger charge is 2.27. The molecule has 16 heavy (non-hydrogen) atoms. The molecule has 3 rings (SSSR count). The molecule has 0 saturated heterocycles. The first-order chi connectivity index (χ1) is 7.75. The molecule has 0 amide bonds. The number of hydrogen-bond donors (Lipinski definition) is 2. The summed E-state index contributed by atoms with van der Waals surface area (Å²) in [6.45, 7) is 0. The van der Waals surface area contributed by atoms with Crippen LogP contribution >= 0.6 is 11.8 Å². The molecule has 1 aromatic heterocycles. The first kappa shape index (κ1) is 9.53. The Morgan fingerprint density at radius 3 is 2.81 bits per heavy atom. The second kappa shape index (κ2) is 3.41. The van der Waals surface area contributed by atoms with Gasteiger partial charge >= 0.3 is 0 Å². The molecule has 1 aliphatic heterocycles. The monoisotopic (exact) mass is 233 g/mol. The molecule has 5 nitrogen and oxygen atoms in total. The van der Waals surface area contributed by atoms with Crippen molar-refractivity contribution in [1.29, 1.82) is 0 Å². The molecular weight excluding hydrogens is 222 g/mol. The van der Waals surface area contributed by atoms with E-state index in [4.69, 9.17) is 11.6 Å². The third-order valence-electron chi connectivity index (χ3n) is 2.68. The van der Waals surface area contributed by atoms with Gasteiger partial charge in [-0.05, 0) is 18.1 Å². The molecule has 82 valence electrons. The van der Waals surface area contributed by atoms with Crippen molar-refractivity contribution in [3.05, 3.63) is 35.7 Å². The highest BCUT2D eigenvalue weighted by Crippen LogP contribution is 2.45. The van der Waals surface area contributed by atoms with Gasteiger partial charge < -0.3 is 11.6 Å². The van der Waals surface area contributed by atoms with Crippen LogP contribution in [0.25, 0.3) is 0 Å². The number of thioether (sulfide) groups is 1. The van der Waals surface area contributed by atoms with E-state index >= 15 is 0 Å². The lowest BCUT2D eigenvalue weighted by atomic mass is 10.1. The van der Waals surface area contributed by atoms with Crippen molar-refractivity contribution in [1.82, 2.24) is 14.9 Å². The summed E-state index contributed by atoms with van der Waals surface area (Å²) in [7, 11) is 0. The molecular formula is C10H11N5S. The van der Waals surface area contributed by atoms with Crippen LogP contribution < -0.4 is 11.6 Å². The Hall–Kier alpha value is -1.69. The molecule has 2 heterocycles. The summed E-state index contributed by atoms with van der Waals surface area (Å²) >= 11 is 1.76. The number of fused-ring (bicyclic) bond motifs is 1. The summed E-state index contributed by atoms with van der Waals surface area (Å²) in [5.74, 6) is 6.76. The minimum atomic E-state index is 0.215. The van der Waals surface area contributed by atoms with Crippen LogP contribution in [-0.4, -0.2) is 14.9 Å². The zero-order valence-corrected chi connectivity index (χ0v) is 9.31. The Morgan fingerprint density at radius 2 is 2.12 bits per heavy atom. The van der Waals surface area contributed by atoms with Gasteiger partial charge in [0.15, 0.2) is 5.82 Å². The van der Waals surface area contributed by atoms with Gasteiger partial charge in [-0.1, -0.05) is 18.2 Å². The van der Waals surface area contributed by atoms with Crippen molar-refractivity contribution >= 4 is 17.7 Å². The summed E-state index contributed by atoms with van der Waals surface area (Å²) in [6, 6.07) is 8.32. The summed E-state index contributed by atoms with van der Waals surface area (Å²) in [5, 5.41) is 8.01. The van der Waals surface area contributed by atoms with E-state index in [1.165, 1.54) is 15.1 Å². The smallest absolute Gasteiger partial charge is 0.240 e. The third kappa shape index (κ3) is 1.34. The Bertz CT molecular complexity index is 511. The van der Waals surface area contributed by atoms with E-state index in [-0.39, 0.29) is 11.2 Å². The average Bonchev–Trinajstić information content (AvgIpc) is 2.84. The minimum Gasteiger partial charge on any atom is -0.366 e. The van der Waals surface area contributed by atoms with Gasteiger partial charge in [0, 0.05) is 4.90 Å². The molecule has 1 aliphatic rings. The van der Waals surface area contributed by atoms with E-state index in [0.29, 0.717) is 0 Å². The fourth-order valence-electron chi connectivity index (χ4n) is 1.86. The van der Waals surface area contributed by atoms with Crippen molar-refractivity contribution in [3.8, 4) is 0 Å². The van der Waals surface area contributed by atoms with Crippen LogP contribution in [0.1, 0.15) is 16.6 Å². The zero-order chi connectivity index (χ0) is 11.1. The van der Waals surface area contributed by atoms with Crippen molar-refractivity contribution < 1.29 is 0 Å². The van der Waals surface area contributed by atoms with Crippen LogP contribution in [0.15, 0.2) is 29.2 Å². The number of nitrogens with zero attached hydrogens (tertiary/aromatic N) is 3. The molecule has 0 spiro atoms. The number of nitrogen functional groups attached to an aromatic ring is 2. The minimum absolute atomic E-state index is 0.215. The Morgan fingerprint density at radius 1 is 1.31 bits per heavy atom. The molecule has 2 aromatic rings. The highest BCUT2D eigenvalue weighted by molar-refractivity contribution is 7.99. The highest BCUT2D eigenvalue weighted by atomic mass is 32.2. The Balaban J connectivity index is 1.94. The topological polar surface area (TPSA) is 82.8 Å². The maximum atomic E-state index is 5.77. The molecule has 1 aromatic carbocycles. The summed E-state index contributed by atoms with van der Waals surface area (Å²) < 4.78 is 1.36. The summed E-state index contributed by atoms with van der Waals surface area (Å²) in [6.07, 6.45) is 0.927. The van der Waals surface area contributed by atoms with Crippen molar-refractivity contribution in [2.24, 2.45) is 0 Å². The fourth-order valence-corrected chi connectivity index (χ4v) is 3.16. The molecule has 1 unspecified atom stereocenters. The maximum Gasteiger partial charge on any atom is 0.240 e. The van der Waals surface area contributed by atoms with Gasteiger partial charge in [0.2, 0.25) is 5.95 Å². The zero-order valence-electron chi connectivity index (χ0n) is 8.50. The average molecular weight is 233 g/mol. The summed E-state index contributed by atoms with van der Waals surface area (Å²) in [4.78, 5) is 1.29. The molecule has 0 aliphatic carbocycles. The van der Waals surface area contributed by atoms with E-state index in [1.54, 1.807) is 11.8 Å². The molecule has 0 saturated carbocycles. The molecule has 0 bridgehead atoms. The number of aromatic nitrogens is 3. The quantitative estimate of drug-likeness (QED) is 0.717. The van der Waals surface area contributed by atoms with E-state index in [1.807, 2.05) is 12.1 Å². The number of rotatable bonds is 1. The van der Waals surface area contributed by atoms with E-state index < -0.39 is 0 Å². The number of anilines is 1. The van der Waals surface area contributed by atoms with Crippen LogP contribution in [0.3, 0.4) is 0 Å². The number of hydrogen-bond acceptors (Lipinski definition) is 5. The first-order valence-corrected chi connectivity index (χ1v) is 5.84. The molecule has 4 N–H and O–H groups in total. The van der Waals surface area contributed by atoms with Crippen LogP contribution in [0.4, 0.5) is 5.95 Å². The van der Waals surface area contributed by atoms with E-state index in [2.05, 4.69) is 22.3 Å². The fraction of sp³-hybridized carbons (Fsp3) is 0.200. The lowest BCUT2D eigenvalue weighted by molar-refractivity contribution is 0.798. The maximum absolute atomic E-state index is 5.77. The predicted octanol–water partition coefficient (Wildman–Crippen LogP) is 0.964. The predicted molar refractivity (Wildman–Crippen MR) is 63.3 cm³/mol. The van der Waals surface area contributed by atoms with Gasteiger partial charge in [-0.25, -0.2) is 4.68 Å². The normalized spacial score (nSPS) is 18.6. The van der Waals surface area contributed by atoms with Crippen LogP contribution in [0.5, 0.6) is 0 Å². The van der Waals surface area contributed by atoms with Crippen LogP contribution in [0, 0.1) is 0 Å². The first-order valence-electron chi connectivity index (χ1n) is 4.96. The summed E-state index contributed by atoms with van der Waals surface area (Å²) in [5.41, 5.74) is 6.90. The van der Waals surface area contributed by atoms with E-state index in [0.717, 1.165) is 12.2 Å². The van der Waals surface area contributed by atoms with Crippen molar-refractivity contribution in [2.45, 2.75) is 16.6 Å². The SMILES string of the molecule is Nc1nnc(C2Cc3ccccc3S2)n1N. The van der Waals surface area contributed by atoms with Gasteiger partial charge in [0.1, 0.15) is 0 Å². The second-order valence-corrected chi connectivity index (χ2v) is 4.95. The molecule has 0 radical (unpaired) electrons. The lowest BCUT2D eigenvalue weighted by Crippen LogP contribution is -2.17. The van der Waals surface area contributed by atoms with Gasteiger partial charge in [-0.2, -0.15) is 0 Å². The van der Waals surface area contributed by atoms with Gasteiger partial charge in [0.25, 0.3) is 0 Å².